The summed E-state index contributed by atoms with van der Waals surface area (Å²) in [7, 11) is 7.56. The van der Waals surface area contributed by atoms with Gasteiger partial charge in [0.15, 0.2) is 0 Å². The number of carbonyl (C=O) groups excluding carboxylic acids is 5. The van der Waals surface area contributed by atoms with Gasteiger partial charge < -0.3 is 29.1 Å². The van der Waals surface area contributed by atoms with Crippen LogP contribution in [0.15, 0.2) is 42.6 Å². The van der Waals surface area contributed by atoms with E-state index in [0.29, 0.717) is 23.3 Å². The Labute approximate surface area is 351 Å². The molecule has 1 saturated carbocycles. The fourth-order valence-corrected chi connectivity index (χ4v) is 10.5. The predicted octanol–water partition coefficient (Wildman–Crippen LogP) is 4.63. The molecule has 6 heterocycles. The van der Waals surface area contributed by atoms with Crippen LogP contribution in [0.5, 0.6) is 11.5 Å². The van der Waals surface area contributed by atoms with Crippen LogP contribution in [0.1, 0.15) is 111 Å². The van der Waals surface area contributed by atoms with Gasteiger partial charge in [-0.3, -0.25) is 34.2 Å². The van der Waals surface area contributed by atoms with Crippen molar-refractivity contribution in [2.45, 2.75) is 82.3 Å². The first-order chi connectivity index (χ1) is 28.9. The summed E-state index contributed by atoms with van der Waals surface area (Å²) < 4.78 is 12.2. The van der Waals surface area contributed by atoms with Gasteiger partial charge in [0.25, 0.3) is 17.7 Å². The van der Waals surface area contributed by atoms with E-state index in [1.807, 2.05) is 30.9 Å². The maximum Gasteiger partial charge on any atom is 0.262 e. The molecule has 2 aromatic carbocycles. The zero-order valence-electron chi connectivity index (χ0n) is 35.1. The molecular weight excluding hydrogens is 763 g/mol. The first-order valence-corrected chi connectivity index (χ1v) is 21.5. The molecule has 60 heavy (non-hydrogen) atoms. The van der Waals surface area contributed by atoms with Crippen LogP contribution in [-0.2, 0) is 16.0 Å². The van der Waals surface area contributed by atoms with Crippen molar-refractivity contribution in [3.05, 3.63) is 76.0 Å². The van der Waals surface area contributed by atoms with Gasteiger partial charge in [-0.2, -0.15) is 0 Å². The third-order valence-corrected chi connectivity index (χ3v) is 14.0. The van der Waals surface area contributed by atoms with Gasteiger partial charge in [0.1, 0.15) is 23.4 Å². The van der Waals surface area contributed by atoms with Crippen LogP contribution in [0.25, 0.3) is 0 Å². The minimum Gasteiger partial charge on any atom is -0.497 e. The van der Waals surface area contributed by atoms with Crippen molar-refractivity contribution in [1.82, 2.24) is 25.0 Å². The topological polar surface area (TPSA) is 145 Å². The van der Waals surface area contributed by atoms with E-state index in [-0.39, 0.29) is 41.9 Å². The van der Waals surface area contributed by atoms with E-state index in [0.717, 1.165) is 93.3 Å². The quantitative estimate of drug-likeness (QED) is 0.202. The monoisotopic (exact) mass is 817 g/mol. The first kappa shape index (κ1) is 39.9. The van der Waals surface area contributed by atoms with E-state index in [1.165, 1.54) is 29.7 Å². The van der Waals surface area contributed by atoms with Gasteiger partial charge in [-0.1, -0.05) is 6.42 Å². The molecule has 6 aliphatic rings. The maximum absolute atomic E-state index is 13.3. The Balaban J connectivity index is 0.736. The molecule has 5 amide bonds. The average Bonchev–Trinajstić information content (AvgIpc) is 3.75. The van der Waals surface area contributed by atoms with Crippen molar-refractivity contribution in [3.63, 3.8) is 0 Å². The number of methoxy groups -OCH3 is 1. The highest BCUT2D eigenvalue weighted by molar-refractivity contribution is 6.23. The lowest BCUT2D eigenvalue weighted by atomic mass is 9.61. The lowest BCUT2D eigenvalue weighted by Crippen LogP contribution is -2.54. The van der Waals surface area contributed by atoms with Crippen LogP contribution in [-0.4, -0.2) is 129 Å². The Morgan fingerprint density at radius 3 is 2.35 bits per heavy atom. The molecule has 9 rings (SSSR count). The Hall–Kier alpha value is -5.50. The molecule has 1 spiro atoms. The number of rotatable bonds is 12. The summed E-state index contributed by atoms with van der Waals surface area (Å²) in [6.07, 6.45) is 10.7. The molecule has 2 saturated heterocycles. The van der Waals surface area contributed by atoms with Crippen LogP contribution in [0.2, 0.25) is 0 Å². The number of piperidine rings is 2. The molecule has 316 valence electrons. The number of hydrogen-bond acceptors (Lipinski definition) is 11. The minimum atomic E-state index is -0.981. The number of aromatic nitrogens is 1. The highest BCUT2D eigenvalue weighted by atomic mass is 16.5. The van der Waals surface area contributed by atoms with Gasteiger partial charge in [0, 0.05) is 71.1 Å². The molecule has 1 aliphatic carbocycles. The lowest BCUT2D eigenvalue weighted by Gasteiger charge is -2.51. The number of unbranched alkanes of at least 4 members (excludes halogenated alkanes) is 2. The molecule has 0 bridgehead atoms. The zero-order chi connectivity index (χ0) is 41.9. The van der Waals surface area contributed by atoms with E-state index in [4.69, 9.17) is 9.47 Å². The summed E-state index contributed by atoms with van der Waals surface area (Å²) in [5.41, 5.74) is 6.38. The maximum atomic E-state index is 13.3. The third kappa shape index (κ3) is 7.26. The fraction of sp³-hybridized carbons (Fsp3) is 0.522. The summed E-state index contributed by atoms with van der Waals surface area (Å²) in [5.74, 6) is 0.287. The average molecular weight is 818 g/mol. The standard InChI is InChI=1S/C46H55N7O7/c1-49(2)40-23-34-36(26-47-40)43(56)50(3)27-37(34)33-21-29(59-4)22-39-31(33)12-17-52(39)16-7-5-6-15-51-18-13-46(14-19-51)24-30(25-46)60-28-8-9-32-35(20-28)45(58)53(44(32)57)38-10-11-41(54)48-42(38)55/h8-9,20-23,26,30,37-38H,5-7,10-19,24-25,27H2,1-4H3,(H,48,54,55). The van der Waals surface area contributed by atoms with Crippen LogP contribution in [0.3, 0.4) is 0 Å². The first-order valence-electron chi connectivity index (χ1n) is 21.5. The van der Waals surface area contributed by atoms with Gasteiger partial charge in [-0.25, -0.2) is 4.98 Å². The molecule has 1 aromatic heterocycles. The second-order valence-corrected chi connectivity index (χ2v) is 17.9. The van der Waals surface area contributed by atoms with E-state index in [2.05, 4.69) is 38.3 Å². The van der Waals surface area contributed by atoms with E-state index in [9.17, 15) is 24.0 Å². The number of fused-ring (bicyclic) bond motifs is 3. The fourth-order valence-electron chi connectivity index (χ4n) is 10.5. The van der Waals surface area contributed by atoms with E-state index < -0.39 is 29.7 Å². The predicted molar refractivity (Wildman–Crippen MR) is 225 cm³/mol. The number of pyridine rings is 1. The van der Waals surface area contributed by atoms with E-state index >= 15 is 0 Å². The van der Waals surface area contributed by atoms with Crippen molar-refractivity contribution in [1.29, 1.82) is 0 Å². The Bertz CT molecular complexity index is 2240. The van der Waals surface area contributed by atoms with Gasteiger partial charge in [0.2, 0.25) is 11.8 Å². The molecule has 1 N–H and O–H groups in total. The number of ether oxygens (including phenoxy) is 2. The van der Waals surface area contributed by atoms with Crippen molar-refractivity contribution in [3.8, 4) is 11.5 Å². The molecule has 3 aromatic rings. The Morgan fingerprint density at radius 1 is 0.833 bits per heavy atom. The number of anilines is 2. The largest absolute Gasteiger partial charge is 0.497 e. The zero-order valence-corrected chi connectivity index (χ0v) is 35.1. The Morgan fingerprint density at radius 2 is 1.60 bits per heavy atom. The minimum absolute atomic E-state index is 0.0171. The highest BCUT2D eigenvalue weighted by Gasteiger charge is 2.48. The summed E-state index contributed by atoms with van der Waals surface area (Å²) in [5, 5.41) is 2.24. The number of likely N-dealkylation sites (tertiary alicyclic amines) is 1. The normalized spacial score (nSPS) is 22.5. The number of amides is 5. The number of imide groups is 2. The molecule has 3 fully saturated rings. The summed E-state index contributed by atoms with van der Waals surface area (Å²) in [6, 6.07) is 10.4. The van der Waals surface area contributed by atoms with Gasteiger partial charge >= 0.3 is 0 Å². The van der Waals surface area contributed by atoms with Crippen LogP contribution >= 0.6 is 0 Å². The summed E-state index contributed by atoms with van der Waals surface area (Å²) in [4.78, 5) is 78.0. The van der Waals surface area contributed by atoms with Crippen molar-refractivity contribution < 1.29 is 33.4 Å². The number of likely N-dealkylation sites (N-methyl/N-ethyl adjacent to an activating group) is 1. The number of nitrogens with one attached hydrogen (secondary N) is 1. The van der Waals surface area contributed by atoms with Crippen LogP contribution in [0, 0.1) is 5.41 Å². The second kappa shape index (κ2) is 15.8. The highest BCUT2D eigenvalue weighted by Crippen LogP contribution is 2.51. The van der Waals surface area contributed by atoms with Crippen molar-refractivity contribution in [2.24, 2.45) is 5.41 Å². The number of carbonyl (C=O) groups is 5. The molecule has 14 heteroatoms. The molecule has 2 atom stereocenters. The van der Waals surface area contributed by atoms with Crippen molar-refractivity contribution >= 4 is 41.0 Å². The molecular formula is C46H55N7O7. The summed E-state index contributed by atoms with van der Waals surface area (Å²) in [6.45, 7) is 5.90. The van der Waals surface area contributed by atoms with Crippen LogP contribution in [0.4, 0.5) is 11.5 Å². The lowest BCUT2D eigenvalue weighted by molar-refractivity contribution is -0.136. The van der Waals surface area contributed by atoms with Gasteiger partial charge in [-0.15, -0.1) is 0 Å². The van der Waals surface area contributed by atoms with E-state index in [1.54, 1.807) is 31.5 Å². The molecule has 2 unspecified atom stereocenters. The molecule has 0 radical (unpaired) electrons. The summed E-state index contributed by atoms with van der Waals surface area (Å²) >= 11 is 0. The van der Waals surface area contributed by atoms with Gasteiger partial charge in [0.05, 0.1) is 29.9 Å². The van der Waals surface area contributed by atoms with Crippen molar-refractivity contribution in [2.75, 3.05) is 77.3 Å². The Kier molecular flexibility index (Phi) is 10.5. The molecule has 14 nitrogen and oxygen atoms in total. The second-order valence-electron chi connectivity index (χ2n) is 17.9. The third-order valence-electron chi connectivity index (χ3n) is 14.0. The smallest absolute Gasteiger partial charge is 0.262 e. The molecule has 5 aliphatic heterocycles. The number of hydrogen-bond donors (Lipinski definition) is 1. The number of nitrogens with zero attached hydrogens (tertiary/aromatic N) is 6. The number of benzene rings is 2. The SMILES string of the molecule is COc1cc(C2CN(C)C(=O)c3cnc(N(C)C)cc32)c2c(c1)N(CCCCCN1CCC3(CC1)CC(Oc1ccc4c(c1)C(=O)N(C1CCC(=O)NC1=O)C4=O)C3)CC2. The van der Waals surface area contributed by atoms with Crippen LogP contribution < -0.4 is 24.6 Å². The van der Waals surface area contributed by atoms with Gasteiger partial charge in [-0.05, 0) is 123 Å².